The number of carbonyl (C=O) groups excluding carboxylic acids is 1. The molecule has 0 aromatic carbocycles. The molecule has 1 atom stereocenters. The van der Waals surface area contributed by atoms with Gasteiger partial charge in [0.15, 0.2) is 0 Å². The summed E-state index contributed by atoms with van der Waals surface area (Å²) >= 11 is 0. The van der Waals surface area contributed by atoms with Crippen molar-refractivity contribution in [3.63, 3.8) is 0 Å². The molecule has 106 valence electrons. The summed E-state index contributed by atoms with van der Waals surface area (Å²) in [5.74, 6) is -0.779. The zero-order chi connectivity index (χ0) is 13.8. The van der Waals surface area contributed by atoms with Crippen LogP contribution >= 0.6 is 0 Å². The summed E-state index contributed by atoms with van der Waals surface area (Å²) in [6.07, 6.45) is 1.74. The molecule has 0 bridgehead atoms. The predicted molar refractivity (Wildman–Crippen MR) is 70.5 cm³/mol. The first-order chi connectivity index (χ1) is 8.40. The van der Waals surface area contributed by atoms with Gasteiger partial charge >= 0.3 is 0 Å². The molecule has 1 unspecified atom stereocenters. The molecule has 0 aromatic rings. The van der Waals surface area contributed by atoms with Crippen LogP contribution in [0.4, 0.5) is 0 Å². The van der Waals surface area contributed by atoms with Crippen molar-refractivity contribution in [2.75, 3.05) is 31.9 Å². The summed E-state index contributed by atoms with van der Waals surface area (Å²) in [6.45, 7) is 5.40. The third kappa shape index (κ3) is 3.93. The van der Waals surface area contributed by atoms with Gasteiger partial charge in [-0.2, -0.15) is 0 Å². The van der Waals surface area contributed by atoms with Crippen LogP contribution in [-0.4, -0.2) is 61.5 Å². The summed E-state index contributed by atoms with van der Waals surface area (Å²) in [6, 6.07) is -0.0288. The Hall–Kier alpha value is -0.660. The van der Waals surface area contributed by atoms with Crippen LogP contribution in [0.15, 0.2) is 0 Å². The molecule has 6 nitrogen and oxygen atoms in total. The van der Waals surface area contributed by atoms with Crippen molar-refractivity contribution < 1.29 is 13.2 Å². The molecule has 1 amide bonds. The van der Waals surface area contributed by atoms with E-state index in [-0.39, 0.29) is 11.9 Å². The van der Waals surface area contributed by atoms with E-state index in [1.54, 1.807) is 18.7 Å². The first-order valence-corrected chi connectivity index (χ1v) is 8.02. The molecular formula is C11H23N3O3S. The van der Waals surface area contributed by atoms with Crippen LogP contribution in [0.2, 0.25) is 0 Å². The molecule has 7 heteroatoms. The van der Waals surface area contributed by atoms with Crippen LogP contribution in [0, 0.1) is 0 Å². The maximum absolute atomic E-state index is 12.0. The Bertz CT molecular complexity index is 379. The molecule has 1 saturated heterocycles. The number of nitrogens with two attached hydrogens (primary N) is 1. The first-order valence-electron chi connectivity index (χ1n) is 6.41. The number of amides is 1. The van der Waals surface area contributed by atoms with E-state index < -0.39 is 15.8 Å². The van der Waals surface area contributed by atoms with Gasteiger partial charge in [-0.1, -0.05) is 13.8 Å². The van der Waals surface area contributed by atoms with Crippen LogP contribution in [-0.2, 0) is 14.8 Å². The second-order valence-corrected chi connectivity index (χ2v) is 6.55. The topological polar surface area (TPSA) is 83.7 Å². The number of nitrogens with zero attached hydrogens (tertiary/aromatic N) is 2. The molecule has 0 aromatic heterocycles. The lowest BCUT2D eigenvalue weighted by molar-refractivity contribution is -0.129. The third-order valence-electron chi connectivity index (χ3n) is 3.22. The molecule has 1 heterocycles. The first kappa shape index (κ1) is 15.4. The lowest BCUT2D eigenvalue weighted by Gasteiger charge is -2.31. The molecule has 0 radical (unpaired) electrons. The summed E-state index contributed by atoms with van der Waals surface area (Å²) in [4.78, 5) is 13.5. The van der Waals surface area contributed by atoms with Crippen LogP contribution in [0.1, 0.15) is 26.7 Å². The fourth-order valence-electron chi connectivity index (χ4n) is 2.19. The van der Waals surface area contributed by atoms with Gasteiger partial charge in [-0.15, -0.1) is 0 Å². The predicted octanol–water partition coefficient (Wildman–Crippen LogP) is -0.392. The fraction of sp³-hybridized carbons (Fsp3) is 0.909. The second-order valence-electron chi connectivity index (χ2n) is 4.58. The smallest absolute Gasteiger partial charge is 0.239 e. The van der Waals surface area contributed by atoms with Gasteiger partial charge in [0, 0.05) is 32.2 Å². The fourth-order valence-corrected chi connectivity index (χ4v) is 3.66. The van der Waals surface area contributed by atoms with E-state index in [0.29, 0.717) is 26.2 Å². The average molecular weight is 277 g/mol. The minimum atomic E-state index is -3.49. The normalized spacial score (nSPS) is 21.3. The SMILES string of the molecule is CCN(CC)S(=O)(=O)CC(=O)N1CCCC(N)C1. The number of rotatable bonds is 5. The van der Waals surface area contributed by atoms with E-state index in [9.17, 15) is 13.2 Å². The van der Waals surface area contributed by atoms with Gasteiger partial charge in [0.1, 0.15) is 5.75 Å². The Labute approximate surface area is 109 Å². The lowest BCUT2D eigenvalue weighted by atomic mass is 10.1. The van der Waals surface area contributed by atoms with Crippen molar-refractivity contribution >= 4 is 15.9 Å². The standard InChI is InChI=1S/C11H23N3O3S/c1-3-14(4-2)18(16,17)9-11(15)13-7-5-6-10(12)8-13/h10H,3-9,12H2,1-2H3. The summed E-state index contributed by atoms with van der Waals surface area (Å²) in [7, 11) is -3.49. The summed E-state index contributed by atoms with van der Waals surface area (Å²) in [5.41, 5.74) is 5.79. The van der Waals surface area contributed by atoms with Crippen molar-refractivity contribution in [3.8, 4) is 0 Å². The zero-order valence-corrected chi connectivity index (χ0v) is 11.9. The van der Waals surface area contributed by atoms with Crippen molar-refractivity contribution in [2.45, 2.75) is 32.7 Å². The maximum Gasteiger partial charge on any atom is 0.239 e. The van der Waals surface area contributed by atoms with E-state index in [1.165, 1.54) is 4.31 Å². The largest absolute Gasteiger partial charge is 0.340 e. The molecule has 1 fully saturated rings. The molecule has 0 saturated carbocycles. The summed E-state index contributed by atoms with van der Waals surface area (Å²) < 4.78 is 25.3. The second kappa shape index (κ2) is 6.49. The van der Waals surface area contributed by atoms with Crippen LogP contribution in [0.5, 0.6) is 0 Å². The minimum absolute atomic E-state index is 0.0288. The van der Waals surface area contributed by atoms with Crippen LogP contribution in [0.25, 0.3) is 0 Å². The Morgan fingerprint density at radius 2 is 2.00 bits per heavy atom. The number of carbonyl (C=O) groups is 1. The minimum Gasteiger partial charge on any atom is -0.340 e. The third-order valence-corrected chi connectivity index (χ3v) is 5.13. The highest BCUT2D eigenvalue weighted by Gasteiger charge is 2.28. The Kier molecular flexibility index (Phi) is 5.55. The number of sulfonamides is 1. The Balaban J connectivity index is 2.63. The van der Waals surface area contributed by atoms with Crippen molar-refractivity contribution in [3.05, 3.63) is 0 Å². The van der Waals surface area contributed by atoms with Gasteiger partial charge in [-0.3, -0.25) is 4.79 Å². The van der Waals surface area contributed by atoms with Crippen molar-refractivity contribution in [2.24, 2.45) is 5.73 Å². The van der Waals surface area contributed by atoms with Crippen molar-refractivity contribution in [1.29, 1.82) is 0 Å². The molecule has 18 heavy (non-hydrogen) atoms. The Morgan fingerprint density at radius 3 is 2.50 bits per heavy atom. The molecule has 0 spiro atoms. The van der Waals surface area contributed by atoms with Gasteiger partial charge in [0.2, 0.25) is 15.9 Å². The Morgan fingerprint density at radius 1 is 1.39 bits per heavy atom. The highest BCUT2D eigenvalue weighted by Crippen LogP contribution is 2.10. The monoisotopic (exact) mass is 277 g/mol. The van der Waals surface area contributed by atoms with E-state index in [1.807, 2.05) is 0 Å². The van der Waals surface area contributed by atoms with Gasteiger partial charge in [0.25, 0.3) is 0 Å². The van der Waals surface area contributed by atoms with Gasteiger partial charge < -0.3 is 10.6 Å². The molecule has 0 aliphatic carbocycles. The van der Waals surface area contributed by atoms with E-state index >= 15 is 0 Å². The average Bonchev–Trinajstić information content (AvgIpc) is 2.29. The van der Waals surface area contributed by atoms with Crippen LogP contribution < -0.4 is 5.73 Å². The molecular weight excluding hydrogens is 254 g/mol. The number of hydrogen-bond acceptors (Lipinski definition) is 4. The number of likely N-dealkylation sites (tertiary alicyclic amines) is 1. The van der Waals surface area contributed by atoms with Gasteiger partial charge in [-0.25, -0.2) is 12.7 Å². The highest BCUT2D eigenvalue weighted by molar-refractivity contribution is 7.89. The van der Waals surface area contributed by atoms with E-state index in [4.69, 9.17) is 5.73 Å². The van der Waals surface area contributed by atoms with Gasteiger partial charge in [0.05, 0.1) is 0 Å². The summed E-state index contributed by atoms with van der Waals surface area (Å²) in [5, 5.41) is 0. The maximum atomic E-state index is 12.0. The van der Waals surface area contributed by atoms with Gasteiger partial charge in [-0.05, 0) is 12.8 Å². The molecule has 2 N–H and O–H groups in total. The van der Waals surface area contributed by atoms with Crippen LogP contribution in [0.3, 0.4) is 0 Å². The highest BCUT2D eigenvalue weighted by atomic mass is 32.2. The lowest BCUT2D eigenvalue weighted by Crippen LogP contribution is -2.48. The van der Waals surface area contributed by atoms with E-state index in [2.05, 4.69) is 0 Å². The molecule has 1 rings (SSSR count). The quantitative estimate of drug-likeness (QED) is 0.741. The number of hydrogen-bond donors (Lipinski definition) is 1. The van der Waals surface area contributed by atoms with E-state index in [0.717, 1.165) is 12.8 Å². The number of piperidine rings is 1. The van der Waals surface area contributed by atoms with Crippen molar-refractivity contribution in [1.82, 2.24) is 9.21 Å². The molecule has 1 aliphatic rings. The zero-order valence-electron chi connectivity index (χ0n) is 11.1. The molecule has 1 aliphatic heterocycles.